The van der Waals surface area contributed by atoms with E-state index in [0.29, 0.717) is 12.8 Å². The number of aromatic nitrogens is 4. The molecule has 7 N–H and O–H groups in total. The second-order valence-corrected chi connectivity index (χ2v) is 18.0. The normalized spacial score (nSPS) is 22.2. The molecule has 25 nitrogen and oxygen atoms in total. The van der Waals surface area contributed by atoms with Crippen LogP contribution in [-0.4, -0.2) is 114 Å². The summed E-state index contributed by atoms with van der Waals surface area (Å²) in [5.41, 5.74) is 4.05. The first-order valence-corrected chi connectivity index (χ1v) is 22.0. The first-order chi connectivity index (χ1) is 25.9. The molecule has 1 aliphatic heterocycles. The van der Waals surface area contributed by atoms with Gasteiger partial charge in [-0.25, -0.2) is 19.3 Å². The maximum Gasteiger partial charge on any atom is 0.274 e. The van der Waals surface area contributed by atoms with Gasteiger partial charge in [0.2, 0.25) is 11.8 Å². The van der Waals surface area contributed by atoms with Crippen molar-refractivity contribution in [1.29, 1.82) is 0 Å². The highest BCUT2D eigenvalue weighted by molar-refractivity contribution is 8.13. The third-order valence-corrected chi connectivity index (χ3v) is 11.8. The van der Waals surface area contributed by atoms with Crippen LogP contribution in [0.25, 0.3) is 11.2 Å². The summed E-state index contributed by atoms with van der Waals surface area (Å²) in [5.74, 6) is -1.30. The molecule has 29 heteroatoms. The van der Waals surface area contributed by atoms with Gasteiger partial charge in [-0.05, 0) is 12.8 Å². The number of hydrogen-bond donors (Lipinski definition) is 6. The lowest BCUT2D eigenvalue weighted by Crippen LogP contribution is -2.46. The predicted octanol–water partition coefficient (Wildman–Crippen LogP) is -3.31. The summed E-state index contributed by atoms with van der Waals surface area (Å²) < 4.78 is 60.4. The minimum atomic E-state index is -5.92. The summed E-state index contributed by atoms with van der Waals surface area (Å²) in [7, 11) is -17.6. The highest BCUT2D eigenvalue weighted by Crippen LogP contribution is 2.56. The fourth-order valence-electron chi connectivity index (χ4n) is 4.83. The fourth-order valence-corrected chi connectivity index (χ4v) is 8.26. The minimum absolute atomic E-state index is 0.0251. The number of carbonyl (C=O) groups is 3. The van der Waals surface area contributed by atoms with E-state index in [1.807, 2.05) is 0 Å². The number of fused-ring (bicyclic) bond motifs is 1. The Bertz CT molecular complexity index is 1820. The highest BCUT2D eigenvalue weighted by atomic mass is 32.2. The summed E-state index contributed by atoms with van der Waals surface area (Å²) in [4.78, 5) is 95.8. The number of phosphoric ester groups is 3. The maximum absolute atomic E-state index is 12.5. The number of amides is 2. The SMILES string of the molecule is CCC(O)CCC(=O)SCCNC(=O)CCNC(=O)[C@H](O)C(C)(C)COP(=O)([O-])OP(=O)([O-])OC[C@H]1O[C@@H](n2cnc3c(N)ncnc32)[C@H](O)[C@@H]1OP(=O)([O-])[O-]. The van der Waals surface area contributed by atoms with E-state index in [1.165, 1.54) is 13.8 Å². The van der Waals surface area contributed by atoms with Gasteiger partial charge in [-0.15, -0.1) is 0 Å². The number of rotatable bonds is 23. The second-order valence-electron chi connectivity index (χ2n) is 12.8. The molecule has 1 saturated heterocycles. The van der Waals surface area contributed by atoms with Crippen molar-refractivity contribution in [2.45, 2.75) is 83.2 Å². The Morgan fingerprint density at radius 1 is 1.05 bits per heavy atom. The molecule has 3 rings (SSSR count). The topological polar surface area (TPSA) is 395 Å². The lowest BCUT2D eigenvalue weighted by molar-refractivity contribution is -0.347. The van der Waals surface area contributed by atoms with E-state index in [1.54, 1.807) is 6.92 Å². The average Bonchev–Trinajstić information content (AvgIpc) is 3.66. The summed E-state index contributed by atoms with van der Waals surface area (Å²) in [6.07, 6.45) is -7.12. The van der Waals surface area contributed by atoms with E-state index < -0.39 is 90.7 Å². The van der Waals surface area contributed by atoms with Gasteiger partial charge in [0.1, 0.15) is 36.3 Å². The van der Waals surface area contributed by atoms with Crippen LogP contribution in [0.3, 0.4) is 0 Å². The highest BCUT2D eigenvalue weighted by Gasteiger charge is 2.47. The van der Waals surface area contributed by atoms with Crippen molar-refractivity contribution in [3.8, 4) is 0 Å². The minimum Gasteiger partial charge on any atom is -0.790 e. The van der Waals surface area contributed by atoms with E-state index in [2.05, 4.69) is 43.5 Å². The average molecular weight is 878 g/mol. The number of aliphatic hydroxyl groups is 3. The number of nitrogen functional groups attached to an aromatic ring is 1. The molecule has 0 spiro atoms. The number of thioether (sulfide) groups is 1. The van der Waals surface area contributed by atoms with Gasteiger partial charge < -0.3 is 74.1 Å². The fraction of sp³-hybridized carbons (Fsp3) is 0.704. The summed E-state index contributed by atoms with van der Waals surface area (Å²) >= 11 is 1.000. The van der Waals surface area contributed by atoms with E-state index in [0.717, 1.165) is 29.0 Å². The number of aliphatic hydroxyl groups excluding tert-OH is 3. The summed E-state index contributed by atoms with van der Waals surface area (Å²) in [6, 6.07) is 0. The van der Waals surface area contributed by atoms with E-state index in [4.69, 9.17) is 10.5 Å². The number of imidazole rings is 1. The van der Waals surface area contributed by atoms with Crippen molar-refractivity contribution < 1.29 is 85.6 Å². The molecule has 0 aromatic carbocycles. The molecule has 0 bridgehead atoms. The zero-order valence-corrected chi connectivity index (χ0v) is 33.6. The molecule has 2 amide bonds. The van der Waals surface area contributed by atoms with E-state index >= 15 is 0 Å². The summed E-state index contributed by atoms with van der Waals surface area (Å²) in [6.45, 7) is 1.80. The molecule has 0 saturated carbocycles. The first-order valence-electron chi connectivity index (χ1n) is 16.6. The van der Waals surface area contributed by atoms with Gasteiger partial charge in [0, 0.05) is 37.1 Å². The molecule has 3 heterocycles. The molecule has 0 aliphatic carbocycles. The van der Waals surface area contributed by atoms with Gasteiger partial charge >= 0.3 is 0 Å². The van der Waals surface area contributed by atoms with Crippen LogP contribution in [0.1, 0.15) is 52.7 Å². The molecular weight excluding hydrogens is 835 g/mol. The number of carbonyl (C=O) groups excluding carboxylic acids is 3. The maximum atomic E-state index is 12.5. The number of anilines is 1. The Morgan fingerprint density at radius 2 is 1.73 bits per heavy atom. The second kappa shape index (κ2) is 20.5. The lowest BCUT2D eigenvalue weighted by atomic mass is 9.87. The van der Waals surface area contributed by atoms with Crippen LogP contribution in [0.2, 0.25) is 0 Å². The standard InChI is InChI=1S/C27H46N7O18P3S/c1-4-15(35)5-6-18(37)56-10-9-29-17(36)7-8-30-25(40)22(39)27(2,3)12-49-55(46,47)52-54(44,45)48-11-16-21(51-53(41,42)43)20(38)26(50-16)34-14-33-19-23(28)31-13-32-24(19)34/h13-16,20-22,26,35,38-39H,4-12H2,1-3H3,(H,29,36)(H,30,40)(H,44,45)(H,46,47)(H2,28,31,32)(H2,41,42,43)/p-4/t15?,16-,20-,21-,22+,26-/m1/s1. The van der Waals surface area contributed by atoms with Crippen LogP contribution in [-0.2, 0) is 50.7 Å². The summed E-state index contributed by atoms with van der Waals surface area (Å²) in [5, 5.41) is 35.5. The Balaban J connectivity index is 1.48. The quantitative estimate of drug-likeness (QED) is 0.0470. The van der Waals surface area contributed by atoms with Gasteiger partial charge in [-0.1, -0.05) is 32.5 Å². The monoisotopic (exact) mass is 877 g/mol. The first kappa shape index (κ1) is 47.9. The molecule has 0 radical (unpaired) electrons. The van der Waals surface area contributed by atoms with Gasteiger partial charge in [0.25, 0.3) is 15.6 Å². The van der Waals surface area contributed by atoms with E-state index in [9.17, 15) is 63.0 Å². The molecule has 56 heavy (non-hydrogen) atoms. The number of hydrogen-bond acceptors (Lipinski definition) is 23. The Hall–Kier alpha value is -2.48. The van der Waals surface area contributed by atoms with Crippen molar-refractivity contribution >= 4 is 69.1 Å². The van der Waals surface area contributed by atoms with Crippen molar-refractivity contribution in [2.75, 3.05) is 37.8 Å². The van der Waals surface area contributed by atoms with Crippen LogP contribution >= 0.6 is 35.2 Å². The van der Waals surface area contributed by atoms with Crippen molar-refractivity contribution in [3.63, 3.8) is 0 Å². The predicted molar refractivity (Wildman–Crippen MR) is 184 cm³/mol. The van der Waals surface area contributed by atoms with Crippen molar-refractivity contribution in [3.05, 3.63) is 12.7 Å². The molecular formula is C27H42N7O18P3S-4. The van der Waals surface area contributed by atoms with Gasteiger partial charge in [0.15, 0.2) is 22.8 Å². The lowest BCUT2D eigenvalue weighted by Gasteiger charge is -2.36. The van der Waals surface area contributed by atoms with Crippen LogP contribution in [0.4, 0.5) is 5.82 Å². The van der Waals surface area contributed by atoms with Crippen LogP contribution in [0, 0.1) is 5.41 Å². The molecule has 2 aromatic rings. The molecule has 3 unspecified atom stereocenters. The molecule has 8 atom stereocenters. The van der Waals surface area contributed by atoms with Gasteiger partial charge in [-0.3, -0.25) is 28.1 Å². The molecule has 1 fully saturated rings. The smallest absolute Gasteiger partial charge is 0.274 e. The number of nitrogens with one attached hydrogen (secondary N) is 2. The zero-order chi connectivity index (χ0) is 42.1. The number of nitrogens with zero attached hydrogens (tertiary/aromatic N) is 4. The van der Waals surface area contributed by atoms with Gasteiger partial charge in [0.05, 0.1) is 33.5 Å². The Labute approximate surface area is 323 Å². The zero-order valence-electron chi connectivity index (χ0n) is 30.1. The molecule has 1 aliphatic rings. The third kappa shape index (κ3) is 14.7. The Kier molecular flexibility index (Phi) is 17.5. The largest absolute Gasteiger partial charge is 0.790 e. The Morgan fingerprint density at radius 3 is 2.39 bits per heavy atom. The van der Waals surface area contributed by atoms with Crippen LogP contribution < -0.4 is 35.9 Å². The third-order valence-electron chi connectivity index (χ3n) is 7.89. The van der Waals surface area contributed by atoms with Crippen LogP contribution in [0.5, 0.6) is 0 Å². The van der Waals surface area contributed by atoms with Crippen LogP contribution in [0.15, 0.2) is 12.7 Å². The molecule has 2 aromatic heterocycles. The number of phosphoric acid groups is 3. The van der Waals surface area contributed by atoms with Crippen molar-refractivity contribution in [1.82, 2.24) is 30.2 Å². The van der Waals surface area contributed by atoms with Gasteiger partial charge in [-0.2, -0.15) is 0 Å². The number of nitrogens with two attached hydrogens (primary N) is 1. The number of ether oxygens (including phenoxy) is 1. The molecule has 318 valence electrons. The van der Waals surface area contributed by atoms with E-state index in [-0.39, 0.29) is 53.8 Å². The van der Waals surface area contributed by atoms with Crippen molar-refractivity contribution in [2.24, 2.45) is 5.41 Å².